The molecule has 2 aromatic carbocycles. The largest absolute Gasteiger partial charge is 0.508 e. The Hall–Kier alpha value is -1.96. The standard InChI is InChI=1S/C17H18O2/c1-2-17(14-6-4-3-5-7-14)11-10-13-8-9-15(18)12-16(13)19-17/h3-9,12,18H,2,10-11H2,1H3. The molecular formula is C17H18O2. The molecule has 2 aromatic rings. The third kappa shape index (κ3) is 2.07. The van der Waals surface area contributed by atoms with E-state index in [1.54, 1.807) is 12.1 Å². The minimum Gasteiger partial charge on any atom is -0.508 e. The first kappa shape index (κ1) is 12.1. The fourth-order valence-corrected chi connectivity index (χ4v) is 2.84. The molecular weight excluding hydrogens is 236 g/mol. The van der Waals surface area contributed by atoms with E-state index in [0.717, 1.165) is 25.0 Å². The van der Waals surface area contributed by atoms with Crippen molar-refractivity contribution in [2.24, 2.45) is 0 Å². The zero-order chi connectivity index (χ0) is 13.3. The lowest BCUT2D eigenvalue weighted by atomic mass is 9.83. The van der Waals surface area contributed by atoms with Gasteiger partial charge in [-0.25, -0.2) is 0 Å². The molecule has 1 heterocycles. The molecule has 19 heavy (non-hydrogen) atoms. The van der Waals surface area contributed by atoms with Gasteiger partial charge in [0.1, 0.15) is 17.1 Å². The van der Waals surface area contributed by atoms with Crippen molar-refractivity contribution >= 4 is 0 Å². The van der Waals surface area contributed by atoms with Gasteiger partial charge < -0.3 is 9.84 Å². The highest BCUT2D eigenvalue weighted by atomic mass is 16.5. The Morgan fingerprint density at radius 1 is 1.16 bits per heavy atom. The molecule has 0 aliphatic carbocycles. The number of aromatic hydroxyl groups is 1. The molecule has 1 aliphatic rings. The average molecular weight is 254 g/mol. The van der Waals surface area contributed by atoms with Crippen LogP contribution in [0.1, 0.15) is 30.9 Å². The maximum Gasteiger partial charge on any atom is 0.134 e. The van der Waals surface area contributed by atoms with Crippen LogP contribution in [0.25, 0.3) is 0 Å². The minimum absolute atomic E-state index is 0.262. The number of hydrogen-bond donors (Lipinski definition) is 1. The third-order valence-electron chi connectivity index (χ3n) is 4.03. The van der Waals surface area contributed by atoms with Crippen molar-refractivity contribution in [1.82, 2.24) is 0 Å². The van der Waals surface area contributed by atoms with Crippen LogP contribution < -0.4 is 4.74 Å². The van der Waals surface area contributed by atoms with Crippen LogP contribution in [0.3, 0.4) is 0 Å². The monoisotopic (exact) mass is 254 g/mol. The van der Waals surface area contributed by atoms with Crippen LogP contribution in [-0.4, -0.2) is 5.11 Å². The molecule has 0 saturated heterocycles. The summed E-state index contributed by atoms with van der Waals surface area (Å²) in [6, 6.07) is 15.8. The Bertz CT molecular complexity index is 577. The summed E-state index contributed by atoms with van der Waals surface area (Å²) < 4.78 is 6.28. The highest BCUT2D eigenvalue weighted by Gasteiger charge is 2.36. The first-order valence-corrected chi connectivity index (χ1v) is 6.80. The summed E-state index contributed by atoms with van der Waals surface area (Å²) in [6.07, 6.45) is 2.88. The molecule has 1 atom stereocenters. The van der Waals surface area contributed by atoms with Gasteiger partial charge in [-0.3, -0.25) is 0 Å². The topological polar surface area (TPSA) is 29.5 Å². The number of phenols is 1. The first-order valence-electron chi connectivity index (χ1n) is 6.80. The quantitative estimate of drug-likeness (QED) is 0.877. The van der Waals surface area contributed by atoms with Crippen LogP contribution in [0.15, 0.2) is 48.5 Å². The lowest BCUT2D eigenvalue weighted by molar-refractivity contribution is 0.0384. The van der Waals surface area contributed by atoms with E-state index in [-0.39, 0.29) is 11.4 Å². The Kier molecular flexibility index (Phi) is 2.94. The second kappa shape index (κ2) is 4.61. The Morgan fingerprint density at radius 3 is 2.68 bits per heavy atom. The molecule has 2 nitrogen and oxygen atoms in total. The van der Waals surface area contributed by atoms with Gasteiger partial charge in [-0.15, -0.1) is 0 Å². The molecule has 0 aromatic heterocycles. The van der Waals surface area contributed by atoms with Crippen LogP contribution in [0.5, 0.6) is 11.5 Å². The Labute approximate surface area is 113 Å². The van der Waals surface area contributed by atoms with Gasteiger partial charge >= 0.3 is 0 Å². The van der Waals surface area contributed by atoms with E-state index in [0.29, 0.717) is 0 Å². The number of rotatable bonds is 2. The van der Waals surface area contributed by atoms with Gasteiger partial charge in [0.05, 0.1) is 0 Å². The highest BCUT2D eigenvalue weighted by Crippen LogP contribution is 2.42. The van der Waals surface area contributed by atoms with Crippen molar-refractivity contribution in [1.29, 1.82) is 0 Å². The predicted octanol–water partition coefficient (Wildman–Crippen LogP) is 4.02. The van der Waals surface area contributed by atoms with Gasteiger partial charge in [0.15, 0.2) is 0 Å². The van der Waals surface area contributed by atoms with Crippen LogP contribution in [0, 0.1) is 0 Å². The summed E-state index contributed by atoms with van der Waals surface area (Å²) in [5.41, 5.74) is 2.13. The van der Waals surface area contributed by atoms with Gasteiger partial charge in [-0.05, 0) is 36.5 Å². The van der Waals surface area contributed by atoms with E-state index in [9.17, 15) is 5.11 Å². The SMILES string of the molecule is CCC1(c2ccccc2)CCc2ccc(O)cc2O1. The molecule has 0 saturated carbocycles. The third-order valence-corrected chi connectivity index (χ3v) is 4.03. The number of benzene rings is 2. The van der Waals surface area contributed by atoms with Crippen molar-refractivity contribution in [2.75, 3.05) is 0 Å². The van der Waals surface area contributed by atoms with Crippen molar-refractivity contribution in [3.8, 4) is 11.5 Å². The van der Waals surface area contributed by atoms with Gasteiger partial charge in [-0.2, -0.15) is 0 Å². The molecule has 1 aliphatic heterocycles. The number of phenolic OH excluding ortho intramolecular Hbond substituents is 1. The molecule has 1 unspecified atom stereocenters. The van der Waals surface area contributed by atoms with Crippen LogP contribution in [0.4, 0.5) is 0 Å². The van der Waals surface area contributed by atoms with E-state index in [1.165, 1.54) is 11.1 Å². The van der Waals surface area contributed by atoms with Gasteiger partial charge in [0.2, 0.25) is 0 Å². The Morgan fingerprint density at radius 2 is 1.95 bits per heavy atom. The summed E-state index contributed by atoms with van der Waals surface area (Å²) in [4.78, 5) is 0. The molecule has 0 fully saturated rings. The van der Waals surface area contributed by atoms with E-state index in [1.807, 2.05) is 24.3 Å². The second-order valence-electron chi connectivity index (χ2n) is 5.11. The van der Waals surface area contributed by atoms with E-state index in [2.05, 4.69) is 19.1 Å². The number of aryl methyl sites for hydroxylation is 1. The van der Waals surface area contributed by atoms with E-state index >= 15 is 0 Å². The summed E-state index contributed by atoms with van der Waals surface area (Å²) in [5.74, 6) is 1.08. The van der Waals surface area contributed by atoms with E-state index < -0.39 is 0 Å². The molecule has 0 bridgehead atoms. The fourth-order valence-electron chi connectivity index (χ4n) is 2.84. The maximum atomic E-state index is 9.62. The van der Waals surface area contributed by atoms with Crippen molar-refractivity contribution in [2.45, 2.75) is 31.8 Å². The molecule has 1 N–H and O–H groups in total. The maximum absolute atomic E-state index is 9.62. The molecule has 3 rings (SSSR count). The molecule has 0 spiro atoms. The molecule has 2 heteroatoms. The zero-order valence-electron chi connectivity index (χ0n) is 11.1. The molecule has 98 valence electrons. The summed E-state index contributed by atoms with van der Waals surface area (Å²) in [6.45, 7) is 2.15. The van der Waals surface area contributed by atoms with Crippen LogP contribution >= 0.6 is 0 Å². The first-order chi connectivity index (χ1) is 9.23. The minimum atomic E-state index is -0.262. The summed E-state index contributed by atoms with van der Waals surface area (Å²) >= 11 is 0. The van der Waals surface area contributed by atoms with Crippen LogP contribution in [-0.2, 0) is 12.0 Å². The van der Waals surface area contributed by atoms with E-state index in [4.69, 9.17) is 4.74 Å². The van der Waals surface area contributed by atoms with Crippen molar-refractivity contribution < 1.29 is 9.84 Å². The van der Waals surface area contributed by atoms with Gasteiger partial charge in [-0.1, -0.05) is 43.3 Å². The normalized spacial score (nSPS) is 21.5. The number of fused-ring (bicyclic) bond motifs is 1. The van der Waals surface area contributed by atoms with Crippen molar-refractivity contribution in [3.05, 3.63) is 59.7 Å². The number of ether oxygens (including phenoxy) is 1. The number of hydrogen-bond acceptors (Lipinski definition) is 2. The fraction of sp³-hybridized carbons (Fsp3) is 0.294. The smallest absolute Gasteiger partial charge is 0.134 e. The zero-order valence-corrected chi connectivity index (χ0v) is 11.1. The molecule has 0 radical (unpaired) electrons. The van der Waals surface area contributed by atoms with Crippen LogP contribution in [0.2, 0.25) is 0 Å². The molecule has 0 amide bonds. The second-order valence-corrected chi connectivity index (χ2v) is 5.11. The lowest BCUT2D eigenvalue weighted by Crippen LogP contribution is -2.36. The lowest BCUT2D eigenvalue weighted by Gasteiger charge is -2.38. The van der Waals surface area contributed by atoms with Gasteiger partial charge in [0.25, 0.3) is 0 Å². The summed E-state index contributed by atoms with van der Waals surface area (Å²) in [5, 5.41) is 9.62. The summed E-state index contributed by atoms with van der Waals surface area (Å²) in [7, 11) is 0. The highest BCUT2D eigenvalue weighted by molar-refractivity contribution is 5.43. The van der Waals surface area contributed by atoms with Crippen molar-refractivity contribution in [3.63, 3.8) is 0 Å². The Balaban J connectivity index is 2.02. The average Bonchev–Trinajstić information content (AvgIpc) is 2.47. The van der Waals surface area contributed by atoms with Gasteiger partial charge in [0, 0.05) is 6.07 Å². The predicted molar refractivity (Wildman–Crippen MR) is 75.5 cm³/mol.